The number of nitrogens with zero attached hydrogens (tertiary/aromatic N) is 3. The van der Waals surface area contributed by atoms with Crippen molar-refractivity contribution >= 4 is 34.7 Å². The van der Waals surface area contributed by atoms with Crippen molar-refractivity contribution in [3.63, 3.8) is 0 Å². The first-order valence-electron chi connectivity index (χ1n) is 8.01. The summed E-state index contributed by atoms with van der Waals surface area (Å²) in [6, 6.07) is 7.99. The summed E-state index contributed by atoms with van der Waals surface area (Å²) in [5.41, 5.74) is 0.553. The number of nitrogens with one attached hydrogen (secondary N) is 1. The lowest BCUT2D eigenvalue weighted by Gasteiger charge is -2.33. The van der Waals surface area contributed by atoms with Crippen LogP contribution in [0.1, 0.15) is 12.8 Å². The first-order chi connectivity index (χ1) is 12.5. The number of hydrogen-bond donors (Lipinski definition) is 1. The monoisotopic (exact) mass is 376 g/mol. The van der Waals surface area contributed by atoms with Crippen LogP contribution < -0.4 is 15.0 Å². The molecule has 1 aromatic heterocycles. The van der Waals surface area contributed by atoms with E-state index in [0.29, 0.717) is 18.7 Å². The van der Waals surface area contributed by atoms with Crippen LogP contribution in [-0.2, 0) is 4.79 Å². The number of methoxy groups -OCH3 is 1. The number of halogens is 1. The first kappa shape index (κ1) is 17.9. The third-order valence-corrected chi connectivity index (χ3v) is 4.44. The number of carbonyl (C=O) groups is 1. The van der Waals surface area contributed by atoms with Gasteiger partial charge in [-0.25, -0.2) is 4.98 Å². The molecule has 26 heavy (non-hydrogen) atoms. The van der Waals surface area contributed by atoms with E-state index in [2.05, 4.69) is 10.3 Å². The van der Waals surface area contributed by atoms with Gasteiger partial charge in [-0.1, -0.05) is 17.7 Å². The number of pyridine rings is 1. The zero-order valence-corrected chi connectivity index (χ0v) is 14.8. The Morgan fingerprint density at radius 3 is 2.92 bits per heavy atom. The maximum Gasteiger partial charge on any atom is 0.289 e. The third-order valence-electron chi connectivity index (χ3n) is 4.15. The van der Waals surface area contributed by atoms with Gasteiger partial charge in [0.2, 0.25) is 5.91 Å². The number of piperidine rings is 1. The fourth-order valence-electron chi connectivity index (χ4n) is 2.84. The minimum Gasteiger partial charge on any atom is -0.497 e. The molecule has 2 aromatic rings. The SMILES string of the molecule is COc1cccc(N2CCCC(Nc3ncc([N+](=O)[O-])cc3Cl)C2=O)c1. The number of aromatic nitrogens is 1. The van der Waals surface area contributed by atoms with Gasteiger partial charge in [0.1, 0.15) is 23.8 Å². The van der Waals surface area contributed by atoms with Crippen LogP contribution in [0.15, 0.2) is 36.5 Å². The van der Waals surface area contributed by atoms with Gasteiger partial charge in [-0.15, -0.1) is 0 Å². The summed E-state index contributed by atoms with van der Waals surface area (Å²) < 4.78 is 5.21. The Balaban J connectivity index is 1.79. The Labute approximate surface area is 154 Å². The fourth-order valence-corrected chi connectivity index (χ4v) is 3.06. The summed E-state index contributed by atoms with van der Waals surface area (Å²) in [4.78, 5) is 28.7. The number of anilines is 2. The summed E-state index contributed by atoms with van der Waals surface area (Å²) in [6.07, 6.45) is 2.53. The van der Waals surface area contributed by atoms with E-state index in [0.717, 1.165) is 18.3 Å². The topological polar surface area (TPSA) is 97.6 Å². The molecular formula is C17H17ClN4O4. The summed E-state index contributed by atoms with van der Waals surface area (Å²) in [5, 5.41) is 13.9. The Kier molecular flexibility index (Phi) is 5.22. The lowest BCUT2D eigenvalue weighted by molar-refractivity contribution is -0.385. The number of amides is 1. The lowest BCUT2D eigenvalue weighted by atomic mass is 10.0. The quantitative estimate of drug-likeness (QED) is 0.635. The van der Waals surface area contributed by atoms with Gasteiger partial charge in [0.25, 0.3) is 5.69 Å². The highest BCUT2D eigenvalue weighted by Crippen LogP contribution is 2.28. The number of hydrogen-bond acceptors (Lipinski definition) is 6. The molecule has 136 valence electrons. The highest BCUT2D eigenvalue weighted by molar-refractivity contribution is 6.33. The second-order valence-electron chi connectivity index (χ2n) is 5.81. The minimum absolute atomic E-state index is 0.102. The van der Waals surface area contributed by atoms with Gasteiger partial charge in [-0.2, -0.15) is 0 Å². The standard InChI is InChI=1S/C17H17ClN4O4/c1-26-13-5-2-4-11(8-13)21-7-3-6-15(17(21)23)20-16-14(18)9-12(10-19-16)22(24)25/h2,4-5,8-10,15H,3,6-7H2,1H3,(H,19,20). The molecule has 9 heteroatoms. The van der Waals surface area contributed by atoms with E-state index in [1.54, 1.807) is 18.1 Å². The highest BCUT2D eigenvalue weighted by Gasteiger charge is 2.30. The van der Waals surface area contributed by atoms with E-state index in [4.69, 9.17) is 16.3 Å². The molecule has 8 nitrogen and oxygen atoms in total. The van der Waals surface area contributed by atoms with Gasteiger partial charge in [-0.3, -0.25) is 14.9 Å². The highest BCUT2D eigenvalue weighted by atomic mass is 35.5. The molecule has 2 heterocycles. The number of nitro groups is 1. The van der Waals surface area contributed by atoms with Crippen molar-refractivity contribution in [2.24, 2.45) is 0 Å². The number of benzene rings is 1. The summed E-state index contributed by atoms with van der Waals surface area (Å²) >= 11 is 6.06. The molecule has 0 spiro atoms. The van der Waals surface area contributed by atoms with Gasteiger partial charge in [0.05, 0.1) is 17.1 Å². The molecule has 1 N–H and O–H groups in total. The minimum atomic E-state index is -0.570. The van der Waals surface area contributed by atoms with Crippen molar-refractivity contribution in [3.05, 3.63) is 51.7 Å². The van der Waals surface area contributed by atoms with E-state index >= 15 is 0 Å². The van der Waals surface area contributed by atoms with Crippen LogP contribution in [0.5, 0.6) is 5.75 Å². The van der Waals surface area contributed by atoms with Gasteiger partial charge in [0.15, 0.2) is 0 Å². The summed E-state index contributed by atoms with van der Waals surface area (Å²) in [5.74, 6) is 0.814. The average molecular weight is 377 g/mol. The van der Waals surface area contributed by atoms with Crippen LogP contribution in [0.4, 0.5) is 17.2 Å². The molecule has 1 fully saturated rings. The van der Waals surface area contributed by atoms with Gasteiger partial charge in [0, 0.05) is 24.4 Å². The van der Waals surface area contributed by atoms with Crippen molar-refractivity contribution in [1.29, 1.82) is 0 Å². The molecule has 3 rings (SSSR count). The molecule has 0 radical (unpaired) electrons. The van der Waals surface area contributed by atoms with Crippen molar-refractivity contribution < 1.29 is 14.5 Å². The Hall–Kier alpha value is -2.87. The maximum absolute atomic E-state index is 12.9. The molecule has 0 bridgehead atoms. The predicted molar refractivity (Wildman–Crippen MR) is 97.9 cm³/mol. The average Bonchev–Trinajstić information content (AvgIpc) is 2.64. The number of rotatable bonds is 5. The van der Waals surface area contributed by atoms with Crippen LogP contribution in [0.25, 0.3) is 0 Å². The molecule has 1 amide bonds. The molecule has 1 atom stereocenters. The Morgan fingerprint density at radius 2 is 2.23 bits per heavy atom. The molecule has 0 saturated carbocycles. The molecule has 0 aliphatic carbocycles. The molecule has 1 unspecified atom stereocenters. The lowest BCUT2D eigenvalue weighted by Crippen LogP contribution is -2.48. The van der Waals surface area contributed by atoms with Gasteiger partial charge >= 0.3 is 0 Å². The summed E-state index contributed by atoms with van der Waals surface area (Å²) in [7, 11) is 1.57. The Bertz CT molecular complexity index is 845. The zero-order valence-electron chi connectivity index (χ0n) is 14.0. The zero-order chi connectivity index (χ0) is 18.7. The molecule has 1 aromatic carbocycles. The van der Waals surface area contributed by atoms with E-state index < -0.39 is 11.0 Å². The molecular weight excluding hydrogens is 360 g/mol. The number of carbonyl (C=O) groups excluding carboxylic acids is 1. The van der Waals surface area contributed by atoms with Crippen LogP contribution in [0, 0.1) is 10.1 Å². The van der Waals surface area contributed by atoms with Gasteiger partial charge < -0.3 is 15.0 Å². The molecule has 1 saturated heterocycles. The Morgan fingerprint density at radius 1 is 1.42 bits per heavy atom. The maximum atomic E-state index is 12.9. The van der Waals surface area contributed by atoms with Crippen molar-refractivity contribution in [2.45, 2.75) is 18.9 Å². The van der Waals surface area contributed by atoms with Crippen molar-refractivity contribution in [2.75, 3.05) is 23.9 Å². The molecule has 1 aliphatic heterocycles. The third kappa shape index (κ3) is 3.70. The van der Waals surface area contributed by atoms with E-state index in [9.17, 15) is 14.9 Å². The van der Waals surface area contributed by atoms with E-state index in [-0.39, 0.29) is 22.4 Å². The molecule has 1 aliphatic rings. The largest absolute Gasteiger partial charge is 0.497 e. The van der Waals surface area contributed by atoms with Crippen LogP contribution in [-0.4, -0.2) is 35.5 Å². The normalized spacial score (nSPS) is 17.1. The first-order valence-corrected chi connectivity index (χ1v) is 8.39. The summed E-state index contributed by atoms with van der Waals surface area (Å²) in [6.45, 7) is 0.603. The second kappa shape index (κ2) is 7.57. The second-order valence-corrected chi connectivity index (χ2v) is 6.22. The number of ether oxygens (including phenoxy) is 1. The van der Waals surface area contributed by atoms with Crippen LogP contribution in [0.2, 0.25) is 5.02 Å². The van der Waals surface area contributed by atoms with Crippen molar-refractivity contribution in [1.82, 2.24) is 4.98 Å². The van der Waals surface area contributed by atoms with Crippen molar-refractivity contribution in [3.8, 4) is 5.75 Å². The van der Waals surface area contributed by atoms with Crippen LogP contribution >= 0.6 is 11.6 Å². The smallest absolute Gasteiger partial charge is 0.289 e. The van der Waals surface area contributed by atoms with Gasteiger partial charge in [-0.05, 0) is 25.0 Å². The fraction of sp³-hybridized carbons (Fsp3) is 0.294. The van der Waals surface area contributed by atoms with E-state index in [1.807, 2.05) is 18.2 Å². The van der Waals surface area contributed by atoms with Crippen LogP contribution in [0.3, 0.4) is 0 Å². The van der Waals surface area contributed by atoms with E-state index in [1.165, 1.54) is 6.07 Å². The predicted octanol–water partition coefficient (Wildman–Crippen LogP) is 3.26.